The van der Waals surface area contributed by atoms with Crippen LogP contribution < -0.4 is 0 Å². The number of nitrogens with zero attached hydrogens (tertiary/aromatic N) is 2. The monoisotopic (exact) mass is 182 g/mol. The number of hydrogen-bond acceptors (Lipinski definition) is 2. The molecule has 0 aromatic rings. The highest BCUT2D eigenvalue weighted by atomic mass is 15.3. The van der Waals surface area contributed by atoms with E-state index in [-0.39, 0.29) is 0 Å². The average molecular weight is 182 g/mol. The first-order valence-electron chi connectivity index (χ1n) is 5.90. The molecule has 76 valence electrons. The molecule has 3 fully saturated rings. The van der Waals surface area contributed by atoms with Crippen molar-refractivity contribution in [2.75, 3.05) is 39.3 Å². The molecular weight excluding hydrogens is 160 g/mol. The van der Waals surface area contributed by atoms with E-state index in [9.17, 15) is 0 Å². The highest BCUT2D eigenvalue weighted by Crippen LogP contribution is 2.10. The second-order valence-corrected chi connectivity index (χ2v) is 4.45. The number of rotatable bonds is 0. The number of hydrogen-bond donors (Lipinski definition) is 0. The summed E-state index contributed by atoms with van der Waals surface area (Å²) in [5, 5.41) is 0. The van der Waals surface area contributed by atoms with E-state index in [2.05, 4.69) is 9.80 Å². The van der Waals surface area contributed by atoms with Crippen molar-refractivity contribution in [2.45, 2.75) is 32.1 Å². The van der Waals surface area contributed by atoms with Crippen LogP contribution in [0.4, 0.5) is 0 Å². The molecule has 0 radical (unpaired) electrons. The third kappa shape index (κ3) is 2.96. The molecule has 0 spiro atoms. The van der Waals surface area contributed by atoms with Crippen molar-refractivity contribution in [1.29, 1.82) is 0 Å². The molecule has 13 heavy (non-hydrogen) atoms. The van der Waals surface area contributed by atoms with Crippen molar-refractivity contribution >= 4 is 0 Å². The highest BCUT2D eigenvalue weighted by Gasteiger charge is 2.16. The highest BCUT2D eigenvalue weighted by molar-refractivity contribution is 4.72. The third-order valence-corrected chi connectivity index (χ3v) is 3.41. The Bertz CT molecular complexity index is 118. The zero-order valence-corrected chi connectivity index (χ0v) is 8.67. The molecule has 0 saturated carbocycles. The van der Waals surface area contributed by atoms with Crippen LogP contribution in [-0.4, -0.2) is 49.1 Å². The lowest BCUT2D eigenvalue weighted by Gasteiger charge is -2.34. The summed E-state index contributed by atoms with van der Waals surface area (Å²) < 4.78 is 0. The summed E-state index contributed by atoms with van der Waals surface area (Å²) >= 11 is 0. The van der Waals surface area contributed by atoms with Gasteiger partial charge in [-0.2, -0.15) is 0 Å². The van der Waals surface area contributed by atoms with Crippen molar-refractivity contribution in [3.05, 3.63) is 0 Å². The minimum absolute atomic E-state index is 1.32. The molecule has 0 aromatic heterocycles. The number of fused-ring (bicyclic) bond motifs is 8. The second kappa shape index (κ2) is 4.97. The molecule has 0 aromatic carbocycles. The van der Waals surface area contributed by atoms with Crippen LogP contribution in [0.3, 0.4) is 0 Å². The van der Waals surface area contributed by atoms with Crippen molar-refractivity contribution < 1.29 is 0 Å². The molecular formula is C11H22N2. The standard InChI is InChI=1S/C11H22N2/c1-2-4-6-12-8-10-13(11-9-12)7-5-3-1/h1-11H2. The zero-order chi connectivity index (χ0) is 8.93. The summed E-state index contributed by atoms with van der Waals surface area (Å²) in [4.78, 5) is 5.28. The van der Waals surface area contributed by atoms with Crippen molar-refractivity contribution in [3.8, 4) is 0 Å². The molecule has 3 aliphatic heterocycles. The lowest BCUT2D eigenvalue weighted by molar-refractivity contribution is 0.133. The van der Waals surface area contributed by atoms with E-state index in [0.717, 1.165) is 0 Å². The van der Waals surface area contributed by atoms with Gasteiger partial charge in [-0.15, -0.1) is 0 Å². The first kappa shape index (κ1) is 9.47. The molecule has 3 saturated heterocycles. The van der Waals surface area contributed by atoms with Gasteiger partial charge in [-0.3, -0.25) is 0 Å². The fourth-order valence-corrected chi connectivity index (χ4v) is 2.44. The smallest absolute Gasteiger partial charge is 0.0110 e. The predicted octanol–water partition coefficient (Wildman–Crippen LogP) is 1.57. The first-order valence-corrected chi connectivity index (χ1v) is 5.90. The van der Waals surface area contributed by atoms with E-state index in [4.69, 9.17) is 0 Å². The van der Waals surface area contributed by atoms with Crippen LogP contribution in [0.5, 0.6) is 0 Å². The maximum absolute atomic E-state index is 2.64. The third-order valence-electron chi connectivity index (χ3n) is 3.41. The van der Waals surface area contributed by atoms with Crippen LogP contribution in [0, 0.1) is 0 Å². The molecule has 0 N–H and O–H groups in total. The molecule has 0 atom stereocenters. The largest absolute Gasteiger partial charge is 0.301 e. The summed E-state index contributed by atoms with van der Waals surface area (Å²) in [6.45, 7) is 7.99. The Morgan fingerprint density at radius 2 is 0.769 bits per heavy atom. The van der Waals surface area contributed by atoms with Crippen molar-refractivity contribution in [1.82, 2.24) is 9.80 Å². The SMILES string of the molecule is C1CCCN2CCN(CCC1)CC2. The van der Waals surface area contributed by atoms with E-state index in [1.54, 1.807) is 0 Å². The van der Waals surface area contributed by atoms with E-state index in [1.807, 2.05) is 0 Å². The number of piperazine rings is 1. The Morgan fingerprint density at radius 1 is 0.385 bits per heavy atom. The normalized spacial score (nSPS) is 36.9. The molecule has 2 heteroatoms. The lowest BCUT2D eigenvalue weighted by atomic mass is 10.1. The van der Waals surface area contributed by atoms with E-state index in [1.165, 1.54) is 71.4 Å². The zero-order valence-electron chi connectivity index (χ0n) is 8.67. The topological polar surface area (TPSA) is 6.48 Å². The maximum Gasteiger partial charge on any atom is 0.0110 e. The van der Waals surface area contributed by atoms with Gasteiger partial charge in [0.25, 0.3) is 0 Å². The Morgan fingerprint density at radius 3 is 1.23 bits per heavy atom. The second-order valence-electron chi connectivity index (χ2n) is 4.45. The van der Waals surface area contributed by atoms with E-state index in [0.29, 0.717) is 0 Å². The van der Waals surface area contributed by atoms with Gasteiger partial charge in [-0.05, 0) is 25.9 Å². The Balaban J connectivity index is 1.83. The summed E-state index contributed by atoms with van der Waals surface area (Å²) in [6, 6.07) is 0. The molecule has 3 aliphatic rings. The van der Waals surface area contributed by atoms with E-state index >= 15 is 0 Å². The van der Waals surface area contributed by atoms with Gasteiger partial charge in [-0.1, -0.05) is 19.3 Å². The molecule has 0 aliphatic carbocycles. The Labute approximate surface area is 81.9 Å². The lowest BCUT2D eigenvalue weighted by Crippen LogP contribution is -2.46. The summed E-state index contributed by atoms with van der Waals surface area (Å²) in [6.07, 6.45) is 7.23. The van der Waals surface area contributed by atoms with Crippen LogP contribution in [0.2, 0.25) is 0 Å². The predicted molar refractivity (Wildman–Crippen MR) is 56.0 cm³/mol. The average Bonchev–Trinajstić information content (AvgIpc) is 2.25. The molecule has 0 unspecified atom stereocenters. The van der Waals surface area contributed by atoms with Crippen LogP contribution >= 0.6 is 0 Å². The van der Waals surface area contributed by atoms with Crippen LogP contribution in [0.15, 0.2) is 0 Å². The molecule has 3 heterocycles. The minimum Gasteiger partial charge on any atom is -0.301 e. The quantitative estimate of drug-likeness (QED) is 0.561. The van der Waals surface area contributed by atoms with Gasteiger partial charge in [0.2, 0.25) is 0 Å². The van der Waals surface area contributed by atoms with Crippen LogP contribution in [0.25, 0.3) is 0 Å². The molecule has 2 bridgehead atoms. The van der Waals surface area contributed by atoms with Crippen LogP contribution in [0.1, 0.15) is 32.1 Å². The first-order chi connectivity index (χ1) is 6.45. The summed E-state index contributed by atoms with van der Waals surface area (Å²) in [7, 11) is 0. The Kier molecular flexibility index (Phi) is 3.62. The fraction of sp³-hybridized carbons (Fsp3) is 1.00. The Hall–Kier alpha value is -0.0800. The minimum atomic E-state index is 1.32. The molecule has 2 nitrogen and oxygen atoms in total. The van der Waals surface area contributed by atoms with Gasteiger partial charge in [0.05, 0.1) is 0 Å². The maximum atomic E-state index is 2.64. The molecule has 0 amide bonds. The van der Waals surface area contributed by atoms with Gasteiger partial charge in [0, 0.05) is 26.2 Å². The van der Waals surface area contributed by atoms with Gasteiger partial charge < -0.3 is 9.80 Å². The molecule has 3 rings (SSSR count). The van der Waals surface area contributed by atoms with Gasteiger partial charge in [0.15, 0.2) is 0 Å². The van der Waals surface area contributed by atoms with Crippen molar-refractivity contribution in [3.63, 3.8) is 0 Å². The van der Waals surface area contributed by atoms with Crippen LogP contribution in [-0.2, 0) is 0 Å². The van der Waals surface area contributed by atoms with Gasteiger partial charge in [-0.25, -0.2) is 0 Å². The van der Waals surface area contributed by atoms with E-state index < -0.39 is 0 Å². The van der Waals surface area contributed by atoms with Gasteiger partial charge >= 0.3 is 0 Å². The summed E-state index contributed by atoms with van der Waals surface area (Å²) in [5.41, 5.74) is 0. The summed E-state index contributed by atoms with van der Waals surface area (Å²) in [5.74, 6) is 0. The fourth-order valence-electron chi connectivity index (χ4n) is 2.44. The van der Waals surface area contributed by atoms with Crippen molar-refractivity contribution in [2.24, 2.45) is 0 Å². The van der Waals surface area contributed by atoms with Gasteiger partial charge in [0.1, 0.15) is 0 Å².